The highest BCUT2D eigenvalue weighted by atomic mass is 16.4. The SMILES string of the molecule is CC(CCC[C@@H](C)[C@H]1CC[C@H]2[C@@H]3CC=C4C[C@@H](O)CC[C@]4(C)[C@H]3CC[C@]12C)C(NCCN(CCO)CCO)C(=O)O. The van der Waals surface area contributed by atoms with E-state index in [0.29, 0.717) is 42.9 Å². The second-order valence-electron chi connectivity index (χ2n) is 14.8. The zero-order valence-corrected chi connectivity index (χ0v) is 26.4. The Bertz CT molecular complexity index is 890. The number of rotatable bonds is 15. The Labute approximate surface area is 249 Å². The van der Waals surface area contributed by atoms with Crippen molar-refractivity contribution in [3.63, 3.8) is 0 Å². The van der Waals surface area contributed by atoms with Crippen molar-refractivity contribution in [2.24, 2.45) is 46.3 Å². The van der Waals surface area contributed by atoms with Gasteiger partial charge >= 0.3 is 5.97 Å². The van der Waals surface area contributed by atoms with Crippen molar-refractivity contribution in [3.8, 4) is 0 Å². The molecule has 0 aliphatic heterocycles. The number of aliphatic carboxylic acids is 1. The first kappa shape index (κ1) is 32.9. The van der Waals surface area contributed by atoms with Crippen molar-refractivity contribution in [2.45, 2.75) is 110 Å². The van der Waals surface area contributed by atoms with Crippen LogP contribution in [0.1, 0.15) is 98.3 Å². The van der Waals surface area contributed by atoms with E-state index in [-0.39, 0.29) is 25.2 Å². The number of carboxylic acid groups (broad SMARTS) is 1. The van der Waals surface area contributed by atoms with Gasteiger partial charge in [-0.1, -0.05) is 52.2 Å². The van der Waals surface area contributed by atoms with Crippen LogP contribution in [0.25, 0.3) is 0 Å². The number of nitrogens with zero attached hydrogens (tertiary/aromatic N) is 1. The summed E-state index contributed by atoms with van der Waals surface area (Å²) in [5, 5.41) is 41.9. The number of hydrogen-bond donors (Lipinski definition) is 5. The van der Waals surface area contributed by atoms with Crippen molar-refractivity contribution in [1.82, 2.24) is 10.2 Å². The van der Waals surface area contributed by atoms with Crippen molar-refractivity contribution in [3.05, 3.63) is 11.6 Å². The molecule has 0 saturated heterocycles. The zero-order chi connectivity index (χ0) is 29.8. The van der Waals surface area contributed by atoms with Crippen molar-refractivity contribution in [2.75, 3.05) is 39.4 Å². The van der Waals surface area contributed by atoms with Gasteiger partial charge in [-0.15, -0.1) is 0 Å². The van der Waals surface area contributed by atoms with Gasteiger partial charge in [0.05, 0.1) is 19.3 Å². The highest BCUT2D eigenvalue weighted by Gasteiger charge is 2.59. The van der Waals surface area contributed by atoms with Crippen LogP contribution in [-0.2, 0) is 4.79 Å². The molecular weight excluding hydrogens is 516 g/mol. The molecule has 10 atom stereocenters. The minimum atomic E-state index is -0.796. The molecule has 3 saturated carbocycles. The summed E-state index contributed by atoms with van der Waals surface area (Å²) in [6.07, 6.45) is 15.1. The molecule has 0 aromatic rings. The molecule has 5 N–H and O–H groups in total. The molecule has 7 nitrogen and oxygen atoms in total. The van der Waals surface area contributed by atoms with E-state index in [0.717, 1.165) is 62.2 Å². The van der Waals surface area contributed by atoms with Crippen LogP contribution < -0.4 is 5.32 Å². The summed E-state index contributed by atoms with van der Waals surface area (Å²) in [5.74, 6) is 3.05. The fourth-order valence-electron chi connectivity index (χ4n) is 10.3. The average Bonchev–Trinajstić information content (AvgIpc) is 3.28. The van der Waals surface area contributed by atoms with Gasteiger partial charge in [0, 0.05) is 26.2 Å². The zero-order valence-electron chi connectivity index (χ0n) is 26.4. The molecule has 4 aliphatic rings. The number of carbonyl (C=O) groups is 1. The molecule has 0 radical (unpaired) electrons. The van der Waals surface area contributed by atoms with Gasteiger partial charge < -0.3 is 25.7 Å². The highest BCUT2D eigenvalue weighted by Crippen LogP contribution is 2.67. The summed E-state index contributed by atoms with van der Waals surface area (Å²) >= 11 is 0. The van der Waals surface area contributed by atoms with Gasteiger partial charge in [0.15, 0.2) is 0 Å². The number of allylic oxidation sites excluding steroid dienone is 1. The van der Waals surface area contributed by atoms with E-state index >= 15 is 0 Å². The lowest BCUT2D eigenvalue weighted by molar-refractivity contribution is -0.140. The number of fused-ring (bicyclic) bond motifs is 5. The van der Waals surface area contributed by atoms with Crippen LogP contribution in [0, 0.1) is 46.3 Å². The molecule has 0 aromatic heterocycles. The molecule has 4 rings (SSSR count). The monoisotopic (exact) mass is 576 g/mol. The Balaban J connectivity index is 1.28. The fraction of sp³-hybridized carbons (Fsp3) is 0.912. The summed E-state index contributed by atoms with van der Waals surface area (Å²) in [6.45, 7) is 11.8. The molecule has 0 bridgehead atoms. The van der Waals surface area contributed by atoms with Crippen molar-refractivity contribution >= 4 is 5.97 Å². The minimum absolute atomic E-state index is 0.0291. The summed E-state index contributed by atoms with van der Waals surface area (Å²) in [5.41, 5.74) is 2.27. The maximum Gasteiger partial charge on any atom is 0.320 e. The van der Waals surface area contributed by atoms with Crippen LogP contribution in [0.2, 0.25) is 0 Å². The standard InChI is InChI=1S/C34H60N2O5/c1-23(6-5-7-24(2)31(32(40)41)35-16-17-36(18-20-37)19-21-38)28-10-11-29-27-9-8-25-22-26(39)12-14-33(25,3)30(27)13-15-34(28,29)4/h8,23-24,26-31,35,37-39H,5-7,9-22H2,1-4H3,(H,40,41)/t23-,24?,26+,27+,28-,29+,30+,31?,33+,34-/m1/s1. The molecule has 0 aromatic carbocycles. The van der Waals surface area contributed by atoms with E-state index in [2.05, 4.69) is 39.1 Å². The molecule has 41 heavy (non-hydrogen) atoms. The quantitative estimate of drug-likeness (QED) is 0.180. The number of carboxylic acids is 1. The van der Waals surface area contributed by atoms with E-state index in [9.17, 15) is 25.2 Å². The molecule has 0 amide bonds. The summed E-state index contributed by atoms with van der Waals surface area (Å²) in [4.78, 5) is 14.0. The normalized spacial score (nSPS) is 37.1. The van der Waals surface area contributed by atoms with E-state index < -0.39 is 12.0 Å². The Morgan fingerprint density at radius 1 is 1.02 bits per heavy atom. The Hall–Kier alpha value is -0.990. The Morgan fingerprint density at radius 2 is 1.76 bits per heavy atom. The molecule has 2 unspecified atom stereocenters. The maximum atomic E-state index is 12.0. The van der Waals surface area contributed by atoms with Gasteiger partial charge in [-0.3, -0.25) is 9.69 Å². The molecule has 7 heteroatoms. The summed E-state index contributed by atoms with van der Waals surface area (Å²) < 4.78 is 0. The van der Waals surface area contributed by atoms with Crippen LogP contribution in [-0.4, -0.2) is 82.8 Å². The fourth-order valence-corrected chi connectivity index (χ4v) is 10.3. The largest absolute Gasteiger partial charge is 0.480 e. The molecule has 0 heterocycles. The van der Waals surface area contributed by atoms with Crippen LogP contribution in [0.3, 0.4) is 0 Å². The molecule has 236 valence electrons. The van der Waals surface area contributed by atoms with E-state index in [4.69, 9.17) is 0 Å². The lowest BCUT2D eigenvalue weighted by Crippen LogP contribution is -2.50. The van der Waals surface area contributed by atoms with Gasteiger partial charge in [0.25, 0.3) is 0 Å². The second kappa shape index (κ2) is 14.2. The van der Waals surface area contributed by atoms with Crippen molar-refractivity contribution in [1.29, 1.82) is 0 Å². The number of aliphatic hydroxyl groups excluding tert-OH is 3. The lowest BCUT2D eigenvalue weighted by Gasteiger charge is -2.58. The van der Waals surface area contributed by atoms with Gasteiger partial charge in [-0.05, 0) is 104 Å². The van der Waals surface area contributed by atoms with Crippen molar-refractivity contribution < 1.29 is 25.2 Å². The third-order valence-electron chi connectivity index (χ3n) is 12.6. The third-order valence-corrected chi connectivity index (χ3v) is 12.6. The van der Waals surface area contributed by atoms with Gasteiger partial charge in [-0.2, -0.15) is 0 Å². The average molecular weight is 577 g/mol. The minimum Gasteiger partial charge on any atom is -0.480 e. The Kier molecular flexibility index (Phi) is 11.4. The summed E-state index contributed by atoms with van der Waals surface area (Å²) in [6, 6.07) is -0.578. The summed E-state index contributed by atoms with van der Waals surface area (Å²) in [7, 11) is 0. The highest BCUT2D eigenvalue weighted by molar-refractivity contribution is 5.73. The van der Waals surface area contributed by atoms with E-state index in [1.54, 1.807) is 5.57 Å². The molecular formula is C34H60N2O5. The molecule has 3 fully saturated rings. The Morgan fingerprint density at radius 3 is 2.44 bits per heavy atom. The van der Waals surface area contributed by atoms with Crippen LogP contribution in [0.15, 0.2) is 11.6 Å². The lowest BCUT2D eigenvalue weighted by atomic mass is 9.47. The predicted molar refractivity (Wildman–Crippen MR) is 163 cm³/mol. The number of aliphatic hydroxyl groups is 3. The second-order valence-corrected chi connectivity index (χ2v) is 14.8. The molecule has 4 aliphatic carbocycles. The van der Waals surface area contributed by atoms with Gasteiger partial charge in [0.1, 0.15) is 6.04 Å². The van der Waals surface area contributed by atoms with Gasteiger partial charge in [0.2, 0.25) is 0 Å². The molecule has 0 spiro atoms. The number of nitrogens with one attached hydrogen (secondary N) is 1. The van der Waals surface area contributed by atoms with Gasteiger partial charge in [-0.25, -0.2) is 0 Å². The number of hydrogen-bond acceptors (Lipinski definition) is 6. The topological polar surface area (TPSA) is 113 Å². The predicted octanol–water partition coefficient (Wildman–Crippen LogP) is 4.70. The third kappa shape index (κ3) is 7.06. The first-order chi connectivity index (χ1) is 19.5. The van der Waals surface area contributed by atoms with E-state index in [1.807, 2.05) is 4.90 Å². The maximum absolute atomic E-state index is 12.0. The van der Waals surface area contributed by atoms with E-state index in [1.165, 1.54) is 32.1 Å². The first-order valence-corrected chi connectivity index (χ1v) is 16.8. The van der Waals surface area contributed by atoms with Crippen LogP contribution in [0.5, 0.6) is 0 Å². The smallest absolute Gasteiger partial charge is 0.320 e. The van der Waals surface area contributed by atoms with Crippen LogP contribution >= 0.6 is 0 Å². The van der Waals surface area contributed by atoms with Crippen LogP contribution in [0.4, 0.5) is 0 Å². The first-order valence-electron chi connectivity index (χ1n) is 16.8.